The lowest BCUT2D eigenvalue weighted by atomic mass is 9.60. The zero-order chi connectivity index (χ0) is 14.9. The van der Waals surface area contributed by atoms with Gasteiger partial charge in [-0.15, -0.1) is 0 Å². The summed E-state index contributed by atoms with van der Waals surface area (Å²) < 4.78 is 0. The second-order valence-corrected chi connectivity index (χ2v) is 6.87. The van der Waals surface area contributed by atoms with Gasteiger partial charge in [-0.2, -0.15) is 0 Å². The molecule has 0 aromatic rings. The third kappa shape index (κ3) is 2.82. The molecule has 1 saturated carbocycles. The van der Waals surface area contributed by atoms with Crippen LogP contribution in [0, 0.1) is 17.3 Å². The Morgan fingerprint density at radius 1 is 1.40 bits per heavy atom. The Bertz CT molecular complexity index is 395. The smallest absolute Gasteiger partial charge is 0.239 e. The summed E-state index contributed by atoms with van der Waals surface area (Å²) in [5.41, 5.74) is 6.04. The standard InChI is InChI=1S/C15H27N3O2/c1-10-12(16)6-5-11(15(10,2)3)14(20)18-8-4-7-17-13(19)9-18/h10-12H,4-9,16H2,1-3H3,(H,17,19). The zero-order valence-electron chi connectivity index (χ0n) is 12.8. The van der Waals surface area contributed by atoms with Gasteiger partial charge in [0.05, 0.1) is 6.54 Å². The molecule has 1 aliphatic carbocycles. The average Bonchev–Trinajstić information content (AvgIpc) is 2.60. The number of hydrogen-bond acceptors (Lipinski definition) is 3. The highest BCUT2D eigenvalue weighted by molar-refractivity contribution is 5.86. The van der Waals surface area contributed by atoms with Crippen LogP contribution in [0.15, 0.2) is 0 Å². The van der Waals surface area contributed by atoms with Crippen molar-refractivity contribution in [1.29, 1.82) is 0 Å². The number of carbonyl (C=O) groups is 2. The molecule has 1 heterocycles. The van der Waals surface area contributed by atoms with Crippen LogP contribution in [0.25, 0.3) is 0 Å². The van der Waals surface area contributed by atoms with Gasteiger partial charge < -0.3 is 16.0 Å². The van der Waals surface area contributed by atoms with Crippen LogP contribution in [0.3, 0.4) is 0 Å². The van der Waals surface area contributed by atoms with Crippen LogP contribution in [-0.4, -0.2) is 42.4 Å². The van der Waals surface area contributed by atoms with E-state index < -0.39 is 0 Å². The molecule has 2 aliphatic rings. The minimum absolute atomic E-state index is 0.0248. The molecule has 3 N–H and O–H groups in total. The maximum absolute atomic E-state index is 12.8. The molecule has 2 amide bonds. The SMILES string of the molecule is CC1C(N)CCC(C(=O)N2CCCNC(=O)C2)C1(C)C. The van der Waals surface area contributed by atoms with E-state index in [1.165, 1.54) is 0 Å². The van der Waals surface area contributed by atoms with Crippen molar-refractivity contribution in [3.8, 4) is 0 Å². The molecule has 3 atom stereocenters. The van der Waals surface area contributed by atoms with Crippen molar-refractivity contribution in [2.45, 2.75) is 46.1 Å². The summed E-state index contributed by atoms with van der Waals surface area (Å²) in [6.45, 7) is 7.95. The first kappa shape index (κ1) is 15.3. The molecule has 20 heavy (non-hydrogen) atoms. The van der Waals surface area contributed by atoms with E-state index in [-0.39, 0.29) is 35.7 Å². The van der Waals surface area contributed by atoms with E-state index >= 15 is 0 Å². The van der Waals surface area contributed by atoms with Gasteiger partial charge in [0, 0.05) is 25.0 Å². The maximum Gasteiger partial charge on any atom is 0.239 e. The monoisotopic (exact) mass is 281 g/mol. The molecule has 5 heteroatoms. The van der Waals surface area contributed by atoms with Crippen LogP contribution >= 0.6 is 0 Å². The molecule has 3 unspecified atom stereocenters. The molecule has 114 valence electrons. The summed E-state index contributed by atoms with van der Waals surface area (Å²) in [6, 6.07) is 0.168. The minimum Gasteiger partial charge on any atom is -0.354 e. The van der Waals surface area contributed by atoms with Crippen LogP contribution in [-0.2, 0) is 9.59 Å². The van der Waals surface area contributed by atoms with E-state index in [4.69, 9.17) is 5.73 Å². The molecule has 0 radical (unpaired) electrons. The summed E-state index contributed by atoms with van der Waals surface area (Å²) in [5.74, 6) is 0.370. The highest BCUT2D eigenvalue weighted by Gasteiger charge is 2.46. The van der Waals surface area contributed by atoms with Crippen LogP contribution in [0.1, 0.15) is 40.0 Å². The Kier molecular flexibility index (Phi) is 4.37. The highest BCUT2D eigenvalue weighted by atomic mass is 16.2. The normalized spacial score (nSPS) is 34.3. The lowest BCUT2D eigenvalue weighted by molar-refractivity contribution is -0.145. The van der Waals surface area contributed by atoms with E-state index in [0.717, 1.165) is 19.3 Å². The molecule has 0 aromatic carbocycles. The number of carbonyl (C=O) groups excluding carboxylic acids is 2. The van der Waals surface area contributed by atoms with Gasteiger partial charge in [0.2, 0.25) is 11.8 Å². The first-order chi connectivity index (χ1) is 9.34. The van der Waals surface area contributed by atoms with Gasteiger partial charge in [-0.1, -0.05) is 20.8 Å². The molecule has 0 spiro atoms. The Balaban J connectivity index is 2.13. The number of hydrogen-bond donors (Lipinski definition) is 2. The quantitative estimate of drug-likeness (QED) is 0.744. The third-order valence-electron chi connectivity index (χ3n) is 5.37. The topological polar surface area (TPSA) is 75.4 Å². The molecule has 2 rings (SSSR count). The molecule has 0 bridgehead atoms. The van der Waals surface area contributed by atoms with Gasteiger partial charge >= 0.3 is 0 Å². The summed E-state index contributed by atoms with van der Waals surface area (Å²) in [5, 5.41) is 2.82. The number of rotatable bonds is 1. The van der Waals surface area contributed by atoms with Crippen molar-refractivity contribution in [2.24, 2.45) is 23.0 Å². The summed E-state index contributed by atoms with van der Waals surface area (Å²) in [6.07, 6.45) is 2.55. The van der Waals surface area contributed by atoms with Crippen LogP contribution in [0.2, 0.25) is 0 Å². The van der Waals surface area contributed by atoms with Gasteiger partial charge in [0.25, 0.3) is 0 Å². The fraction of sp³-hybridized carbons (Fsp3) is 0.867. The fourth-order valence-corrected chi connectivity index (χ4v) is 3.51. The van der Waals surface area contributed by atoms with Crippen LogP contribution < -0.4 is 11.1 Å². The molecule has 1 aliphatic heterocycles. The minimum atomic E-state index is -0.114. The third-order valence-corrected chi connectivity index (χ3v) is 5.37. The molecule has 2 fully saturated rings. The highest BCUT2D eigenvalue weighted by Crippen LogP contribution is 2.45. The van der Waals surface area contributed by atoms with Gasteiger partial charge in [-0.25, -0.2) is 0 Å². The molecular weight excluding hydrogens is 254 g/mol. The van der Waals surface area contributed by atoms with Gasteiger partial charge in [-0.05, 0) is 30.6 Å². The fourth-order valence-electron chi connectivity index (χ4n) is 3.51. The molecule has 5 nitrogen and oxygen atoms in total. The van der Waals surface area contributed by atoms with Crippen LogP contribution in [0.4, 0.5) is 0 Å². The largest absolute Gasteiger partial charge is 0.354 e. The number of nitrogens with one attached hydrogen (secondary N) is 1. The summed E-state index contributed by atoms with van der Waals surface area (Å²) >= 11 is 0. The first-order valence-corrected chi connectivity index (χ1v) is 7.65. The lowest BCUT2D eigenvalue weighted by Gasteiger charge is -2.47. The number of amides is 2. The average molecular weight is 281 g/mol. The molecular formula is C15H27N3O2. The maximum atomic E-state index is 12.8. The van der Waals surface area contributed by atoms with Gasteiger partial charge in [0.1, 0.15) is 0 Å². The first-order valence-electron chi connectivity index (χ1n) is 7.65. The van der Waals surface area contributed by atoms with Crippen molar-refractivity contribution < 1.29 is 9.59 Å². The lowest BCUT2D eigenvalue weighted by Crippen LogP contribution is -2.53. The second kappa shape index (κ2) is 5.72. The Morgan fingerprint density at radius 2 is 2.10 bits per heavy atom. The predicted molar refractivity (Wildman–Crippen MR) is 77.9 cm³/mol. The van der Waals surface area contributed by atoms with Crippen LogP contribution in [0.5, 0.6) is 0 Å². The number of nitrogens with zero attached hydrogens (tertiary/aromatic N) is 1. The van der Waals surface area contributed by atoms with Gasteiger partial charge in [0.15, 0.2) is 0 Å². The summed E-state index contributed by atoms with van der Waals surface area (Å²) in [4.78, 5) is 26.2. The van der Waals surface area contributed by atoms with Crippen molar-refractivity contribution in [3.05, 3.63) is 0 Å². The van der Waals surface area contributed by atoms with E-state index in [2.05, 4.69) is 26.1 Å². The van der Waals surface area contributed by atoms with Crippen molar-refractivity contribution in [1.82, 2.24) is 10.2 Å². The Labute approximate surface area is 121 Å². The van der Waals surface area contributed by atoms with Crippen molar-refractivity contribution in [3.63, 3.8) is 0 Å². The number of nitrogens with two attached hydrogens (primary N) is 1. The Hall–Kier alpha value is -1.10. The van der Waals surface area contributed by atoms with E-state index in [1.807, 2.05) is 0 Å². The Morgan fingerprint density at radius 3 is 2.80 bits per heavy atom. The van der Waals surface area contributed by atoms with Crippen molar-refractivity contribution >= 4 is 11.8 Å². The molecule has 1 saturated heterocycles. The summed E-state index contributed by atoms with van der Waals surface area (Å²) in [7, 11) is 0. The zero-order valence-corrected chi connectivity index (χ0v) is 12.8. The van der Waals surface area contributed by atoms with E-state index in [9.17, 15) is 9.59 Å². The van der Waals surface area contributed by atoms with Crippen molar-refractivity contribution in [2.75, 3.05) is 19.6 Å². The van der Waals surface area contributed by atoms with E-state index in [0.29, 0.717) is 19.0 Å². The van der Waals surface area contributed by atoms with Gasteiger partial charge in [-0.3, -0.25) is 9.59 Å². The second-order valence-electron chi connectivity index (χ2n) is 6.87. The molecule has 0 aromatic heterocycles. The predicted octanol–water partition coefficient (Wildman–Crippen LogP) is 0.734. The van der Waals surface area contributed by atoms with E-state index in [1.54, 1.807) is 4.90 Å².